The van der Waals surface area contributed by atoms with Crippen LogP contribution in [0.2, 0.25) is 0 Å². The summed E-state index contributed by atoms with van der Waals surface area (Å²) in [4.78, 5) is 15.5. The molecule has 1 aromatic heterocycles. The molecular weight excluding hydrogens is 442 g/mol. The van der Waals surface area contributed by atoms with Crippen LogP contribution in [-0.2, 0) is 22.6 Å². The predicted molar refractivity (Wildman–Crippen MR) is 133 cm³/mol. The Balaban J connectivity index is 1.40. The fourth-order valence-electron chi connectivity index (χ4n) is 6.58. The van der Waals surface area contributed by atoms with Gasteiger partial charge in [-0.05, 0) is 60.4 Å². The molecule has 1 aromatic carbocycles. The van der Waals surface area contributed by atoms with E-state index in [1.807, 2.05) is 30.3 Å². The third-order valence-corrected chi connectivity index (χ3v) is 8.35. The number of hydrogen-bond acceptors (Lipinski definition) is 6. The van der Waals surface area contributed by atoms with Gasteiger partial charge in [-0.15, -0.1) is 0 Å². The zero-order valence-electron chi connectivity index (χ0n) is 21.3. The van der Waals surface area contributed by atoms with Crippen molar-refractivity contribution in [1.29, 1.82) is 0 Å². The molecule has 35 heavy (non-hydrogen) atoms. The van der Waals surface area contributed by atoms with Gasteiger partial charge in [0.2, 0.25) is 0 Å². The van der Waals surface area contributed by atoms with Crippen LogP contribution in [0.5, 0.6) is 11.5 Å². The van der Waals surface area contributed by atoms with E-state index in [9.17, 15) is 4.79 Å². The molecular formula is C29H37NO5. The van der Waals surface area contributed by atoms with Gasteiger partial charge in [-0.2, -0.15) is 0 Å². The summed E-state index contributed by atoms with van der Waals surface area (Å²) in [6.45, 7) is 6.60. The molecule has 0 spiro atoms. The summed E-state index contributed by atoms with van der Waals surface area (Å²) in [5, 5.41) is 0. The number of rotatable bonds is 8. The lowest BCUT2D eigenvalue weighted by Gasteiger charge is -2.46. The quantitative estimate of drug-likeness (QED) is 0.362. The summed E-state index contributed by atoms with van der Waals surface area (Å²) in [5.41, 5.74) is 2.81. The predicted octanol–water partition coefficient (Wildman–Crippen LogP) is 5.61. The topological polar surface area (TPSA) is 61.1 Å². The highest BCUT2D eigenvalue weighted by Crippen LogP contribution is 2.54. The Bertz CT molecular complexity index is 1080. The van der Waals surface area contributed by atoms with Gasteiger partial charge in [0.15, 0.2) is 11.5 Å². The molecule has 6 heteroatoms. The molecule has 0 amide bonds. The summed E-state index contributed by atoms with van der Waals surface area (Å²) in [5.74, 6) is 2.75. The molecule has 2 aromatic rings. The van der Waals surface area contributed by atoms with Crippen LogP contribution in [0.1, 0.15) is 50.9 Å². The van der Waals surface area contributed by atoms with Gasteiger partial charge >= 0.3 is 5.97 Å². The van der Waals surface area contributed by atoms with Gasteiger partial charge in [0.25, 0.3) is 0 Å². The largest absolute Gasteiger partial charge is 0.493 e. The van der Waals surface area contributed by atoms with Crippen molar-refractivity contribution in [3.63, 3.8) is 0 Å². The second-order valence-corrected chi connectivity index (χ2v) is 10.8. The number of furan rings is 1. The Morgan fingerprint density at radius 3 is 2.71 bits per heavy atom. The monoisotopic (exact) mass is 479 g/mol. The van der Waals surface area contributed by atoms with E-state index in [1.54, 1.807) is 26.1 Å². The summed E-state index contributed by atoms with van der Waals surface area (Å²) in [7, 11) is 3.28. The summed E-state index contributed by atoms with van der Waals surface area (Å²) >= 11 is 0. The lowest BCUT2D eigenvalue weighted by Crippen LogP contribution is -2.40. The van der Waals surface area contributed by atoms with E-state index in [0.717, 1.165) is 17.7 Å². The van der Waals surface area contributed by atoms with Crippen molar-refractivity contribution in [1.82, 2.24) is 4.90 Å². The third-order valence-electron chi connectivity index (χ3n) is 8.35. The number of esters is 1. The smallest absolute Gasteiger partial charge is 0.311 e. The Hall–Kier alpha value is -2.73. The highest BCUT2D eigenvalue weighted by atomic mass is 16.6. The number of carbonyl (C=O) groups excluding carboxylic acids is 1. The molecule has 2 aliphatic carbocycles. The second-order valence-electron chi connectivity index (χ2n) is 10.8. The Morgan fingerprint density at radius 1 is 1.14 bits per heavy atom. The third kappa shape index (κ3) is 4.73. The number of carbonyl (C=O) groups is 1. The number of allylic oxidation sites excluding steroid dienone is 1. The van der Waals surface area contributed by atoms with Crippen LogP contribution in [0.25, 0.3) is 0 Å². The molecule has 5 atom stereocenters. The zero-order chi connectivity index (χ0) is 24.6. The fourth-order valence-corrected chi connectivity index (χ4v) is 6.58. The highest BCUT2D eigenvalue weighted by Gasteiger charge is 2.52. The minimum Gasteiger partial charge on any atom is -0.493 e. The normalized spacial score (nSPS) is 29.9. The van der Waals surface area contributed by atoms with Crippen molar-refractivity contribution in [2.24, 2.45) is 23.2 Å². The summed E-state index contributed by atoms with van der Waals surface area (Å²) in [6, 6.07) is 9.86. The molecule has 0 unspecified atom stereocenters. The van der Waals surface area contributed by atoms with E-state index >= 15 is 0 Å². The van der Waals surface area contributed by atoms with Crippen LogP contribution >= 0.6 is 0 Å². The molecule has 1 aliphatic heterocycles. The molecule has 6 nitrogen and oxygen atoms in total. The molecule has 2 heterocycles. The van der Waals surface area contributed by atoms with Crippen molar-refractivity contribution in [3.05, 3.63) is 59.6 Å². The van der Waals surface area contributed by atoms with Crippen molar-refractivity contribution in [3.8, 4) is 11.5 Å². The first kappa shape index (κ1) is 24.0. The van der Waals surface area contributed by atoms with Crippen LogP contribution in [-0.4, -0.2) is 37.7 Å². The molecule has 0 radical (unpaired) electrons. The molecule has 3 aliphatic rings. The Kier molecular flexibility index (Phi) is 6.67. The Morgan fingerprint density at radius 2 is 1.97 bits per heavy atom. The zero-order valence-corrected chi connectivity index (χ0v) is 21.3. The molecule has 2 fully saturated rings. The number of hydrogen-bond donors (Lipinski definition) is 0. The van der Waals surface area contributed by atoms with Gasteiger partial charge in [-0.3, -0.25) is 9.69 Å². The van der Waals surface area contributed by atoms with Gasteiger partial charge in [0.05, 0.1) is 32.9 Å². The number of fused-ring (bicyclic) bond motifs is 2. The molecule has 1 saturated carbocycles. The van der Waals surface area contributed by atoms with Crippen LogP contribution in [0.4, 0.5) is 0 Å². The fraction of sp³-hybridized carbons (Fsp3) is 0.552. The van der Waals surface area contributed by atoms with Crippen molar-refractivity contribution < 1.29 is 23.4 Å². The average molecular weight is 480 g/mol. The van der Waals surface area contributed by atoms with Crippen LogP contribution in [0, 0.1) is 23.2 Å². The standard InChI is InChI=1S/C29H37NO5/c1-19-7-5-11-29(2)15-27-22(14-24(19)29)23(28(31)35-27)18-30(17-21-8-6-12-34-21)16-20-9-10-25(32-3)26(13-20)33-4/h6,8-10,12-14,19,22-23,27H,5,7,11,15-18H2,1-4H3/t19-,22+,23-,27+,29+/m0/s1. The number of ether oxygens (including phenoxy) is 3. The minimum atomic E-state index is -0.179. The first-order valence-corrected chi connectivity index (χ1v) is 12.8. The first-order valence-electron chi connectivity index (χ1n) is 12.8. The number of methoxy groups -OCH3 is 2. The van der Waals surface area contributed by atoms with Gasteiger partial charge in [0.1, 0.15) is 11.9 Å². The van der Waals surface area contributed by atoms with Crippen molar-refractivity contribution in [2.75, 3.05) is 20.8 Å². The molecule has 1 saturated heterocycles. The molecule has 188 valence electrons. The molecule has 5 rings (SSSR count). The van der Waals surface area contributed by atoms with E-state index in [2.05, 4.69) is 24.8 Å². The number of benzene rings is 1. The molecule has 0 N–H and O–H groups in total. The maximum Gasteiger partial charge on any atom is 0.311 e. The van der Waals surface area contributed by atoms with Crippen molar-refractivity contribution >= 4 is 5.97 Å². The van der Waals surface area contributed by atoms with Crippen LogP contribution < -0.4 is 9.47 Å². The van der Waals surface area contributed by atoms with E-state index in [1.165, 1.54) is 19.3 Å². The lowest BCUT2D eigenvalue weighted by molar-refractivity contribution is -0.145. The van der Waals surface area contributed by atoms with Crippen molar-refractivity contribution in [2.45, 2.75) is 58.7 Å². The van der Waals surface area contributed by atoms with Crippen LogP contribution in [0.15, 0.2) is 52.7 Å². The van der Waals surface area contributed by atoms with E-state index < -0.39 is 0 Å². The van der Waals surface area contributed by atoms with Gasteiger partial charge in [-0.1, -0.05) is 38.0 Å². The highest BCUT2D eigenvalue weighted by molar-refractivity contribution is 5.76. The molecule has 0 bridgehead atoms. The van der Waals surface area contributed by atoms with Gasteiger partial charge < -0.3 is 18.6 Å². The van der Waals surface area contributed by atoms with Gasteiger partial charge in [0, 0.05) is 19.0 Å². The first-order chi connectivity index (χ1) is 16.9. The SMILES string of the molecule is COc1ccc(CN(Cc2ccco2)C[C@@H]2C(=O)O[C@@H]3C[C@@]4(C)CCC[C@H](C)C4=C[C@H]23)cc1OC. The second kappa shape index (κ2) is 9.73. The van der Waals surface area contributed by atoms with E-state index in [4.69, 9.17) is 18.6 Å². The average Bonchev–Trinajstić information content (AvgIpc) is 3.45. The lowest BCUT2D eigenvalue weighted by atomic mass is 9.59. The van der Waals surface area contributed by atoms with Gasteiger partial charge in [-0.25, -0.2) is 0 Å². The van der Waals surface area contributed by atoms with Crippen LogP contribution in [0.3, 0.4) is 0 Å². The summed E-state index contributed by atoms with van der Waals surface area (Å²) in [6.07, 6.45) is 8.74. The maximum absolute atomic E-state index is 13.2. The van der Waals surface area contributed by atoms with E-state index in [-0.39, 0.29) is 29.3 Å². The number of nitrogens with zero attached hydrogens (tertiary/aromatic N) is 1. The van der Waals surface area contributed by atoms with E-state index in [0.29, 0.717) is 37.1 Å². The minimum absolute atomic E-state index is 0.0157. The Labute approximate surface area is 208 Å². The summed E-state index contributed by atoms with van der Waals surface area (Å²) < 4.78 is 22.6. The maximum atomic E-state index is 13.2.